The summed E-state index contributed by atoms with van der Waals surface area (Å²) in [6, 6.07) is 11.9. The number of amides is 3. The maximum absolute atomic E-state index is 13.8. The third-order valence-corrected chi connectivity index (χ3v) is 6.51. The van der Waals surface area contributed by atoms with Crippen LogP contribution in [0, 0.1) is 6.92 Å². The summed E-state index contributed by atoms with van der Waals surface area (Å²) in [4.78, 5) is 43.4. The fraction of sp³-hybridized carbons (Fsp3) is 0.423. The summed E-state index contributed by atoms with van der Waals surface area (Å²) >= 11 is 0. The molecule has 0 spiro atoms. The van der Waals surface area contributed by atoms with Crippen molar-refractivity contribution in [3.63, 3.8) is 0 Å². The molecule has 9 heteroatoms. The molecule has 1 aliphatic heterocycles. The van der Waals surface area contributed by atoms with Gasteiger partial charge in [-0.1, -0.05) is 36.8 Å². The van der Waals surface area contributed by atoms with Crippen molar-refractivity contribution >= 4 is 24.4 Å². The van der Waals surface area contributed by atoms with Crippen LogP contribution in [-0.2, 0) is 27.3 Å². The van der Waals surface area contributed by atoms with Gasteiger partial charge in [0, 0.05) is 46.3 Å². The lowest BCUT2D eigenvalue weighted by molar-refractivity contribution is -0.175. The van der Waals surface area contributed by atoms with E-state index in [-0.39, 0.29) is 24.6 Å². The third kappa shape index (κ3) is 5.74. The molecule has 1 fully saturated rings. The van der Waals surface area contributed by atoms with Crippen LogP contribution in [0.25, 0.3) is 0 Å². The highest BCUT2D eigenvalue weighted by Gasteiger charge is 2.43. The normalized spacial score (nSPS) is 18.1. The van der Waals surface area contributed by atoms with Crippen LogP contribution in [-0.4, -0.2) is 90.1 Å². The van der Waals surface area contributed by atoms with Crippen molar-refractivity contribution in [1.82, 2.24) is 19.8 Å². The second-order valence-corrected chi connectivity index (χ2v) is 9.12. The van der Waals surface area contributed by atoms with Crippen molar-refractivity contribution in [2.45, 2.75) is 39.0 Å². The number of aromatic hydroxyl groups is 1. The molecule has 3 amide bonds. The first-order chi connectivity index (χ1) is 16.7. The largest absolute Gasteiger partial charge is 0.508 e. The lowest BCUT2D eigenvalue weighted by Crippen LogP contribution is -2.68. The van der Waals surface area contributed by atoms with Crippen molar-refractivity contribution < 1.29 is 19.5 Å². The van der Waals surface area contributed by atoms with E-state index in [0.29, 0.717) is 25.9 Å². The molecule has 0 radical (unpaired) electrons. The minimum Gasteiger partial charge on any atom is -0.508 e. The molecule has 9 nitrogen and oxygen atoms in total. The first-order valence-corrected chi connectivity index (χ1v) is 11.7. The van der Waals surface area contributed by atoms with Gasteiger partial charge in [0.25, 0.3) is 0 Å². The Hall–Kier alpha value is -3.59. The van der Waals surface area contributed by atoms with Crippen LogP contribution in [0.3, 0.4) is 0 Å². The number of hydrazine groups is 1. The zero-order valence-corrected chi connectivity index (χ0v) is 21.1. The standard InChI is InChI=1S/C26H35N5O4/c1-6-28(5)31(18-33)25-16-29(15-21-13-19(2)7-12-23(21)27(3)4)26(35)24(30(25)17-32)14-20-8-10-22(34)11-9-20/h7-13,17-18,24-25,34H,6,14-16H2,1-5H3/t24-,25?/m0/s1. The van der Waals surface area contributed by atoms with Crippen LogP contribution in [0.5, 0.6) is 5.75 Å². The highest BCUT2D eigenvalue weighted by molar-refractivity contribution is 5.85. The quantitative estimate of drug-likeness (QED) is 0.412. The number of aryl methyl sites for hydroxylation is 1. The van der Waals surface area contributed by atoms with E-state index in [9.17, 15) is 19.5 Å². The van der Waals surface area contributed by atoms with Gasteiger partial charge in [0.05, 0.1) is 6.54 Å². The van der Waals surface area contributed by atoms with Gasteiger partial charge in [0.15, 0.2) is 0 Å². The van der Waals surface area contributed by atoms with Crippen molar-refractivity contribution in [3.05, 3.63) is 59.2 Å². The zero-order valence-electron chi connectivity index (χ0n) is 21.1. The molecule has 0 aliphatic carbocycles. The Morgan fingerprint density at radius 1 is 1.09 bits per heavy atom. The number of rotatable bonds is 10. The summed E-state index contributed by atoms with van der Waals surface area (Å²) in [5.41, 5.74) is 3.89. The Balaban J connectivity index is 2.02. The van der Waals surface area contributed by atoms with E-state index in [2.05, 4.69) is 6.07 Å². The summed E-state index contributed by atoms with van der Waals surface area (Å²) in [6.45, 7) is 5.02. The highest BCUT2D eigenvalue weighted by Crippen LogP contribution is 2.27. The Morgan fingerprint density at radius 2 is 1.77 bits per heavy atom. The molecule has 35 heavy (non-hydrogen) atoms. The van der Waals surface area contributed by atoms with E-state index < -0.39 is 12.2 Å². The van der Waals surface area contributed by atoms with E-state index in [0.717, 1.165) is 22.4 Å². The molecule has 2 aromatic carbocycles. The number of phenols is 1. The molecule has 2 aromatic rings. The van der Waals surface area contributed by atoms with E-state index >= 15 is 0 Å². The van der Waals surface area contributed by atoms with Gasteiger partial charge in [-0.15, -0.1) is 0 Å². The Labute approximate surface area is 207 Å². The number of piperazine rings is 1. The van der Waals surface area contributed by atoms with Crippen molar-refractivity contribution in [3.8, 4) is 5.75 Å². The maximum Gasteiger partial charge on any atom is 0.246 e. The van der Waals surface area contributed by atoms with E-state index in [4.69, 9.17) is 0 Å². The Bertz CT molecular complexity index is 1040. The fourth-order valence-corrected chi connectivity index (χ4v) is 4.51. The monoisotopic (exact) mass is 481 g/mol. The minimum absolute atomic E-state index is 0.128. The predicted octanol–water partition coefficient (Wildman–Crippen LogP) is 1.83. The third-order valence-electron chi connectivity index (χ3n) is 6.51. The van der Waals surface area contributed by atoms with Crippen LogP contribution in [0.15, 0.2) is 42.5 Å². The highest BCUT2D eigenvalue weighted by atomic mass is 16.3. The summed E-state index contributed by atoms with van der Waals surface area (Å²) in [5.74, 6) is -0.0551. The number of carbonyl (C=O) groups excluding carboxylic acids is 3. The molecule has 2 atom stereocenters. The van der Waals surface area contributed by atoms with Crippen LogP contribution in [0.2, 0.25) is 0 Å². The number of hydrogen-bond acceptors (Lipinski definition) is 6. The molecule has 1 aliphatic rings. The summed E-state index contributed by atoms with van der Waals surface area (Å²) in [6.07, 6.45) is 0.973. The molecule has 1 unspecified atom stereocenters. The molecular weight excluding hydrogens is 446 g/mol. The topological polar surface area (TPSA) is 87.6 Å². The van der Waals surface area contributed by atoms with Crippen LogP contribution in [0.4, 0.5) is 5.69 Å². The first-order valence-electron chi connectivity index (χ1n) is 11.7. The second kappa shape index (κ2) is 11.2. The average molecular weight is 482 g/mol. The minimum atomic E-state index is -0.795. The summed E-state index contributed by atoms with van der Waals surface area (Å²) in [7, 11) is 5.69. The number of carbonyl (C=O) groups is 3. The van der Waals surface area contributed by atoms with Gasteiger partial charge in [0.1, 0.15) is 18.0 Å². The number of benzene rings is 2. The molecule has 1 heterocycles. The zero-order chi connectivity index (χ0) is 25.7. The summed E-state index contributed by atoms with van der Waals surface area (Å²) in [5, 5.41) is 12.9. The van der Waals surface area contributed by atoms with Gasteiger partial charge in [-0.05, 0) is 36.2 Å². The molecule has 0 aromatic heterocycles. The lowest BCUT2D eigenvalue weighted by Gasteiger charge is -2.49. The Kier molecular flexibility index (Phi) is 8.34. The van der Waals surface area contributed by atoms with Gasteiger partial charge in [-0.2, -0.15) is 0 Å². The SMILES string of the molecule is CCN(C)N(C=O)C1CN(Cc2cc(C)ccc2N(C)C)C(=O)[C@H](Cc2ccc(O)cc2)N1C=O. The predicted molar refractivity (Wildman–Crippen MR) is 134 cm³/mol. The molecule has 188 valence electrons. The van der Waals surface area contributed by atoms with Crippen molar-refractivity contribution in [2.75, 3.05) is 39.1 Å². The first kappa shape index (κ1) is 26.0. The lowest BCUT2D eigenvalue weighted by atomic mass is 9.99. The van der Waals surface area contributed by atoms with Gasteiger partial charge < -0.3 is 19.8 Å². The maximum atomic E-state index is 13.8. The molecule has 3 rings (SSSR count). The Morgan fingerprint density at radius 3 is 2.34 bits per heavy atom. The molecule has 0 bridgehead atoms. The molecular formula is C26H35N5O4. The second-order valence-electron chi connectivity index (χ2n) is 9.12. The smallest absolute Gasteiger partial charge is 0.246 e. The van der Waals surface area contributed by atoms with Gasteiger partial charge in [-0.25, -0.2) is 5.01 Å². The van der Waals surface area contributed by atoms with Crippen LogP contribution in [0.1, 0.15) is 23.6 Å². The number of phenolic OH excluding ortho intramolecular Hbond substituents is 1. The average Bonchev–Trinajstić information content (AvgIpc) is 2.83. The van der Waals surface area contributed by atoms with Gasteiger partial charge in [0.2, 0.25) is 18.7 Å². The molecule has 1 N–H and O–H groups in total. The summed E-state index contributed by atoms with van der Waals surface area (Å²) < 4.78 is 0. The van der Waals surface area contributed by atoms with E-state index in [1.165, 1.54) is 9.91 Å². The van der Waals surface area contributed by atoms with Crippen molar-refractivity contribution in [1.29, 1.82) is 0 Å². The number of nitrogens with zero attached hydrogens (tertiary/aromatic N) is 5. The van der Waals surface area contributed by atoms with E-state index in [1.54, 1.807) is 41.2 Å². The van der Waals surface area contributed by atoms with Crippen molar-refractivity contribution in [2.24, 2.45) is 0 Å². The fourth-order valence-electron chi connectivity index (χ4n) is 4.51. The van der Waals surface area contributed by atoms with Gasteiger partial charge in [-0.3, -0.25) is 19.4 Å². The molecule has 1 saturated heterocycles. The molecule has 0 saturated carbocycles. The van der Waals surface area contributed by atoms with Crippen LogP contribution >= 0.6 is 0 Å². The number of anilines is 1. The van der Waals surface area contributed by atoms with E-state index in [1.807, 2.05) is 45.0 Å². The van der Waals surface area contributed by atoms with Gasteiger partial charge >= 0.3 is 0 Å². The number of hydrogen-bond donors (Lipinski definition) is 1. The van der Waals surface area contributed by atoms with Crippen LogP contribution < -0.4 is 4.90 Å².